The monoisotopic (exact) mass is 588 g/mol. The fourth-order valence-electron chi connectivity index (χ4n) is 4.73. The molecule has 0 atom stereocenters. The van der Waals surface area contributed by atoms with Gasteiger partial charge in [0, 0.05) is 0 Å². The van der Waals surface area contributed by atoms with Gasteiger partial charge in [-0.1, -0.05) is 0 Å². The summed E-state index contributed by atoms with van der Waals surface area (Å²) in [5.74, 6) is -43.5. The molecule has 4 aliphatic carbocycles. The first-order valence-electron chi connectivity index (χ1n) is 8.10. The maximum Gasteiger partial charge on any atom is 0.449 e. The lowest BCUT2D eigenvalue weighted by Gasteiger charge is -2.76. The number of aliphatic hydroxyl groups is 1. The predicted molar refractivity (Wildman–Crippen MR) is 62.1 cm³/mol. The average molecular weight is 588 g/mol. The van der Waals surface area contributed by atoms with E-state index in [0.717, 1.165) is 0 Å². The van der Waals surface area contributed by atoms with E-state index in [9.17, 15) is 83.4 Å². The molecule has 0 radical (unpaired) electrons. The van der Waals surface area contributed by atoms with Crippen LogP contribution in [0.25, 0.3) is 0 Å². The molecule has 0 aromatic rings. The summed E-state index contributed by atoms with van der Waals surface area (Å²) in [6, 6.07) is 0. The van der Waals surface area contributed by atoms with Gasteiger partial charge in [-0.25, -0.2) is 17.6 Å². The molecule has 4 bridgehead atoms. The molecule has 0 aromatic carbocycles. The molecule has 36 heavy (non-hydrogen) atoms. The molecule has 0 spiro atoms. The lowest BCUT2D eigenvalue weighted by molar-refractivity contribution is -0.636. The zero-order chi connectivity index (χ0) is 29.2. The van der Waals surface area contributed by atoms with Crippen LogP contribution in [-0.2, 0) is 4.74 Å². The number of hydrogen-bond donors (Lipinski definition) is 1. The molecule has 4 aliphatic rings. The second-order valence-electron chi connectivity index (χ2n) is 7.84. The summed E-state index contributed by atoms with van der Waals surface area (Å²) in [7, 11) is 0. The van der Waals surface area contributed by atoms with E-state index in [4.69, 9.17) is 5.11 Å². The van der Waals surface area contributed by atoms with Gasteiger partial charge in [0.1, 0.15) is 0 Å². The van der Waals surface area contributed by atoms with Crippen LogP contribution in [0.1, 0.15) is 0 Å². The molecular weight excluding hydrogens is 587 g/mol. The highest BCUT2D eigenvalue weighted by molar-refractivity contribution is 5.56. The smallest absolute Gasteiger partial charge is 0.329 e. The van der Waals surface area contributed by atoms with Gasteiger partial charge in [-0.15, -0.1) is 0 Å². The molecule has 0 saturated heterocycles. The van der Waals surface area contributed by atoms with Gasteiger partial charge >= 0.3 is 59.3 Å². The molecule has 4 fully saturated rings. The summed E-state index contributed by atoms with van der Waals surface area (Å²) >= 11 is 0. The van der Waals surface area contributed by atoms with Crippen LogP contribution < -0.4 is 0 Å². The van der Waals surface area contributed by atoms with Gasteiger partial charge in [0.2, 0.25) is 0 Å². The summed E-state index contributed by atoms with van der Waals surface area (Å²) in [5.41, 5.74) is -43.7. The van der Waals surface area contributed by atoms with Crippen molar-refractivity contribution in [1.29, 1.82) is 0 Å². The van der Waals surface area contributed by atoms with Crippen LogP contribution >= 0.6 is 0 Å². The van der Waals surface area contributed by atoms with E-state index >= 15 is 8.78 Å². The highest BCUT2D eigenvalue weighted by Crippen LogP contribution is 2.90. The number of rotatable bonds is 3. The van der Waals surface area contributed by atoms with Crippen molar-refractivity contribution < 1.29 is 102 Å². The Kier molecular flexibility index (Phi) is 4.73. The number of hydrogen-bond acceptors (Lipinski definition) is 2. The van der Waals surface area contributed by atoms with Crippen LogP contribution in [0.5, 0.6) is 0 Å². The maximum absolute atomic E-state index is 15.2. The minimum absolute atomic E-state index is 1.43. The lowest BCUT2D eigenvalue weighted by atomic mass is 9.37. The Morgan fingerprint density at radius 2 is 0.639 bits per heavy atom. The molecule has 4 rings (SSSR count). The minimum atomic E-state index is -8.93. The van der Waals surface area contributed by atoms with Crippen molar-refractivity contribution in [2.45, 2.75) is 76.3 Å². The molecule has 0 amide bonds. The Balaban J connectivity index is 2.78. The summed E-state index contributed by atoms with van der Waals surface area (Å²) in [6.45, 7) is 0. The Labute approximate surface area is 179 Å². The van der Waals surface area contributed by atoms with Crippen LogP contribution in [0.15, 0.2) is 0 Å². The van der Waals surface area contributed by atoms with Crippen molar-refractivity contribution in [1.82, 2.24) is 0 Å². The van der Waals surface area contributed by atoms with Crippen molar-refractivity contribution in [2.75, 3.05) is 0 Å². The Bertz CT molecular complexity index is 901. The number of ether oxygens (including phenoxy) is 1. The summed E-state index contributed by atoms with van der Waals surface area (Å²) in [5, 5.41) is 7.81. The van der Waals surface area contributed by atoms with Crippen LogP contribution in [0.3, 0.4) is 0 Å². The molecule has 4 saturated carbocycles. The predicted octanol–water partition coefficient (Wildman–Crippen LogP) is 5.53. The summed E-state index contributed by atoms with van der Waals surface area (Å²) in [6.07, 6.45) is -24.3. The van der Waals surface area contributed by atoms with Crippen molar-refractivity contribution in [3.05, 3.63) is 0 Å². The fraction of sp³-hybridized carbons (Fsp3) is 1.00. The first kappa shape index (κ1) is 29.0. The molecule has 212 valence electrons. The zero-order valence-corrected chi connectivity index (χ0v) is 15.3. The maximum atomic E-state index is 15.2. The molecule has 0 aromatic heterocycles. The van der Waals surface area contributed by atoms with Crippen LogP contribution in [0, 0.1) is 0 Å². The summed E-state index contributed by atoms with van der Waals surface area (Å²) < 4.78 is 297. The van der Waals surface area contributed by atoms with Crippen LogP contribution in [-0.4, -0.2) is 81.4 Å². The van der Waals surface area contributed by atoms with Gasteiger partial charge in [-0.05, 0) is 0 Å². The zero-order valence-electron chi connectivity index (χ0n) is 15.3. The van der Waals surface area contributed by atoms with E-state index in [-0.39, 0.29) is 0 Å². The third-order valence-electron chi connectivity index (χ3n) is 6.33. The highest BCUT2D eigenvalue weighted by Gasteiger charge is 3.25. The fourth-order valence-corrected chi connectivity index (χ4v) is 4.73. The molecule has 2 nitrogen and oxygen atoms in total. The molecule has 0 unspecified atom stereocenters. The van der Waals surface area contributed by atoms with Crippen molar-refractivity contribution >= 4 is 0 Å². The van der Waals surface area contributed by atoms with Gasteiger partial charge in [-0.3, -0.25) is 4.74 Å². The molecule has 23 heteroatoms. The standard InChI is InChI=1S/C13HF21O2/c14-1-5(11(28,29)30,36-13(33,34)12(31,32)35)2(15)8(22,23)3(16,6(1,18)19)10(26,27)4(17,7(1,20)21)9(2,24)25/h35H. The largest absolute Gasteiger partial charge is 0.449 e. The normalized spacial score (nSPS) is 46.2. The van der Waals surface area contributed by atoms with E-state index in [0.29, 0.717) is 0 Å². The third kappa shape index (κ3) is 1.89. The Morgan fingerprint density at radius 1 is 0.417 bits per heavy atom. The number of alkyl halides is 21. The average Bonchev–Trinajstić information content (AvgIpc) is 2.63. The van der Waals surface area contributed by atoms with E-state index in [1.54, 1.807) is 0 Å². The lowest BCUT2D eigenvalue weighted by Crippen LogP contribution is -3.11. The Hall–Kier alpha value is -1.55. The van der Waals surface area contributed by atoms with E-state index in [1.165, 1.54) is 4.74 Å². The molecule has 0 heterocycles. The van der Waals surface area contributed by atoms with Gasteiger partial charge in [0.25, 0.3) is 16.9 Å². The van der Waals surface area contributed by atoms with Crippen molar-refractivity contribution in [3.8, 4) is 0 Å². The highest BCUT2D eigenvalue weighted by atomic mass is 19.4. The van der Waals surface area contributed by atoms with Gasteiger partial charge < -0.3 is 5.11 Å². The molecule has 1 N–H and O–H groups in total. The first-order chi connectivity index (χ1) is 15.2. The second-order valence-corrected chi connectivity index (χ2v) is 7.84. The third-order valence-corrected chi connectivity index (χ3v) is 6.33. The van der Waals surface area contributed by atoms with Gasteiger partial charge in [0.05, 0.1) is 0 Å². The van der Waals surface area contributed by atoms with Crippen molar-refractivity contribution in [2.24, 2.45) is 0 Å². The van der Waals surface area contributed by atoms with Gasteiger partial charge in [0.15, 0.2) is 0 Å². The molecule has 0 aliphatic heterocycles. The van der Waals surface area contributed by atoms with Crippen LogP contribution in [0.2, 0.25) is 0 Å². The van der Waals surface area contributed by atoms with Crippen molar-refractivity contribution in [3.63, 3.8) is 0 Å². The van der Waals surface area contributed by atoms with Gasteiger partial charge in [-0.2, -0.15) is 74.6 Å². The van der Waals surface area contributed by atoms with E-state index in [1.807, 2.05) is 0 Å². The summed E-state index contributed by atoms with van der Waals surface area (Å²) in [4.78, 5) is 0. The van der Waals surface area contributed by atoms with Crippen LogP contribution in [0.4, 0.5) is 92.2 Å². The number of halogens is 21. The molecular formula is C13HF21O2. The van der Waals surface area contributed by atoms with E-state index in [2.05, 4.69) is 0 Å². The minimum Gasteiger partial charge on any atom is -0.329 e. The SMILES string of the molecule is OC(F)(F)C(F)(F)OC1(C(F)(F)F)C2(F)C(F)(F)C3(F)C(F)(F)C(F)(C2(F)F)C(F)(F)C1(F)C3(F)F. The quantitative estimate of drug-likeness (QED) is 0.440. The topological polar surface area (TPSA) is 29.5 Å². The van der Waals surface area contributed by atoms with E-state index < -0.39 is 76.3 Å². The first-order valence-corrected chi connectivity index (χ1v) is 8.10. The second kappa shape index (κ2) is 5.87. The Morgan fingerprint density at radius 3 is 0.833 bits per heavy atom.